The van der Waals surface area contributed by atoms with Crippen LogP contribution in [0.5, 0.6) is 0 Å². The number of hydrogen-bond donors (Lipinski definition) is 0. The molecule has 1 aromatic heterocycles. The number of halogens is 6. The Balaban J connectivity index is 3.32. The number of aromatic nitrogens is 1. The first-order chi connectivity index (χ1) is 5.82. The monoisotopic (exact) mass is 201 g/mol. The summed E-state index contributed by atoms with van der Waals surface area (Å²) in [5.41, 5.74) is -1.92. The van der Waals surface area contributed by atoms with Gasteiger partial charge in [0.2, 0.25) is 5.95 Å². The van der Waals surface area contributed by atoms with Gasteiger partial charge in [0.25, 0.3) is 5.95 Å². The third-order valence-electron chi connectivity index (χ3n) is 1.19. The van der Waals surface area contributed by atoms with Crippen molar-refractivity contribution in [3.63, 3.8) is 0 Å². The first kappa shape index (κ1) is 9.82. The molecule has 0 atom stereocenters. The quantitative estimate of drug-likeness (QED) is 0.464. The molecule has 0 aliphatic carbocycles. The van der Waals surface area contributed by atoms with Gasteiger partial charge in [-0.05, 0) is 6.07 Å². The van der Waals surface area contributed by atoms with Crippen molar-refractivity contribution in [3.05, 3.63) is 29.3 Å². The van der Waals surface area contributed by atoms with Gasteiger partial charge < -0.3 is 0 Å². The molecule has 0 fully saturated rings. The number of nitrogens with zero attached hydrogens (tertiary/aromatic N) is 1. The molecule has 0 radical (unpaired) electrons. The van der Waals surface area contributed by atoms with Crippen molar-refractivity contribution in [2.45, 2.75) is 6.18 Å². The predicted octanol–water partition coefficient (Wildman–Crippen LogP) is 2.52. The summed E-state index contributed by atoms with van der Waals surface area (Å²) in [6.45, 7) is 0. The number of hydrogen-bond acceptors (Lipinski definition) is 1. The van der Waals surface area contributed by atoms with Gasteiger partial charge in [0.05, 0.1) is 0 Å². The molecule has 1 rings (SSSR count). The molecule has 0 spiro atoms. The molecular formula is C6HF6N. The van der Waals surface area contributed by atoms with E-state index in [0.29, 0.717) is 0 Å². The fraction of sp³-hybridized carbons (Fsp3) is 0.167. The Hall–Kier alpha value is -1.27. The molecule has 1 heterocycles. The van der Waals surface area contributed by atoms with Gasteiger partial charge in [-0.3, -0.25) is 0 Å². The molecular weight excluding hydrogens is 200 g/mol. The van der Waals surface area contributed by atoms with Gasteiger partial charge in [0.1, 0.15) is 5.56 Å². The van der Waals surface area contributed by atoms with E-state index in [0.717, 1.165) is 0 Å². The molecule has 0 aliphatic rings. The van der Waals surface area contributed by atoms with Crippen LogP contribution in [0.1, 0.15) is 5.56 Å². The molecule has 7 heteroatoms. The maximum atomic E-state index is 12.3. The molecule has 0 unspecified atom stereocenters. The van der Waals surface area contributed by atoms with Crippen molar-refractivity contribution in [3.8, 4) is 0 Å². The molecule has 0 bridgehead atoms. The van der Waals surface area contributed by atoms with Crippen molar-refractivity contribution in [2.24, 2.45) is 0 Å². The van der Waals surface area contributed by atoms with Crippen molar-refractivity contribution in [1.29, 1.82) is 0 Å². The lowest BCUT2D eigenvalue weighted by atomic mass is 10.2. The fourth-order valence-corrected chi connectivity index (χ4v) is 0.644. The van der Waals surface area contributed by atoms with Crippen LogP contribution < -0.4 is 0 Å². The van der Waals surface area contributed by atoms with Crippen LogP contribution in [-0.2, 0) is 6.18 Å². The molecule has 0 saturated carbocycles. The first-order valence-corrected chi connectivity index (χ1v) is 2.91. The number of rotatable bonds is 0. The normalized spacial score (nSPS) is 11.8. The van der Waals surface area contributed by atoms with Gasteiger partial charge in [-0.2, -0.15) is 26.9 Å². The Bertz CT molecular complexity index is 331. The molecule has 0 saturated heterocycles. The second-order valence-electron chi connectivity index (χ2n) is 2.10. The standard InChI is InChI=1S/C6HF6N/c7-3-1-2(6(10,11)12)4(8)13-5(3)9/h1H. The third-order valence-corrected chi connectivity index (χ3v) is 1.19. The van der Waals surface area contributed by atoms with Gasteiger partial charge in [-0.1, -0.05) is 0 Å². The van der Waals surface area contributed by atoms with E-state index in [-0.39, 0.29) is 6.07 Å². The highest BCUT2D eigenvalue weighted by molar-refractivity contribution is 5.16. The lowest BCUT2D eigenvalue weighted by molar-refractivity contribution is -0.140. The van der Waals surface area contributed by atoms with E-state index in [2.05, 4.69) is 4.98 Å². The van der Waals surface area contributed by atoms with Crippen molar-refractivity contribution < 1.29 is 26.3 Å². The Morgan fingerprint density at radius 2 is 1.54 bits per heavy atom. The average molecular weight is 201 g/mol. The smallest absolute Gasteiger partial charge is 0.202 e. The zero-order valence-electron chi connectivity index (χ0n) is 5.79. The van der Waals surface area contributed by atoms with E-state index in [4.69, 9.17) is 0 Å². The van der Waals surface area contributed by atoms with Crippen molar-refractivity contribution in [2.75, 3.05) is 0 Å². The highest BCUT2D eigenvalue weighted by Crippen LogP contribution is 2.31. The summed E-state index contributed by atoms with van der Waals surface area (Å²) in [5, 5.41) is 0. The van der Waals surface area contributed by atoms with E-state index in [1.54, 1.807) is 0 Å². The van der Waals surface area contributed by atoms with Gasteiger partial charge in [0, 0.05) is 0 Å². The average Bonchev–Trinajstić information content (AvgIpc) is 1.94. The van der Waals surface area contributed by atoms with E-state index >= 15 is 0 Å². The van der Waals surface area contributed by atoms with Gasteiger partial charge >= 0.3 is 6.18 Å². The van der Waals surface area contributed by atoms with Crippen LogP contribution in [0.3, 0.4) is 0 Å². The maximum absolute atomic E-state index is 12.3. The Morgan fingerprint density at radius 3 is 2.00 bits per heavy atom. The summed E-state index contributed by atoms with van der Waals surface area (Å²) in [5.74, 6) is -5.81. The van der Waals surface area contributed by atoms with Crippen LogP contribution in [0.4, 0.5) is 26.3 Å². The van der Waals surface area contributed by atoms with Crippen molar-refractivity contribution in [1.82, 2.24) is 4.98 Å². The van der Waals surface area contributed by atoms with E-state index in [1.807, 2.05) is 0 Å². The SMILES string of the molecule is Fc1cc(C(F)(F)F)c(F)nc1F. The van der Waals surface area contributed by atoms with Gasteiger partial charge in [-0.25, -0.2) is 4.39 Å². The van der Waals surface area contributed by atoms with Crippen LogP contribution in [0.2, 0.25) is 0 Å². The molecule has 0 aromatic carbocycles. The van der Waals surface area contributed by atoms with Crippen LogP contribution in [-0.4, -0.2) is 4.98 Å². The Kier molecular flexibility index (Phi) is 2.19. The molecule has 0 amide bonds. The van der Waals surface area contributed by atoms with E-state index < -0.39 is 29.5 Å². The second-order valence-corrected chi connectivity index (χ2v) is 2.10. The van der Waals surface area contributed by atoms with Crippen LogP contribution in [0.25, 0.3) is 0 Å². The van der Waals surface area contributed by atoms with Gasteiger partial charge in [0.15, 0.2) is 5.82 Å². The lowest BCUT2D eigenvalue weighted by Crippen LogP contribution is -2.11. The summed E-state index contributed by atoms with van der Waals surface area (Å²) >= 11 is 0. The second kappa shape index (κ2) is 2.90. The molecule has 13 heavy (non-hydrogen) atoms. The van der Waals surface area contributed by atoms with Crippen LogP contribution in [0, 0.1) is 17.7 Å². The highest BCUT2D eigenvalue weighted by atomic mass is 19.4. The summed E-state index contributed by atoms with van der Waals surface area (Å²) in [6, 6.07) is -0.280. The van der Waals surface area contributed by atoms with E-state index in [1.165, 1.54) is 0 Å². The minimum Gasteiger partial charge on any atom is -0.202 e. The Morgan fingerprint density at radius 1 is 1.00 bits per heavy atom. The van der Waals surface area contributed by atoms with Gasteiger partial charge in [-0.15, -0.1) is 0 Å². The van der Waals surface area contributed by atoms with E-state index in [9.17, 15) is 26.3 Å². The molecule has 1 nitrogen and oxygen atoms in total. The third kappa shape index (κ3) is 1.90. The zero-order valence-corrected chi connectivity index (χ0v) is 5.79. The summed E-state index contributed by atoms with van der Waals surface area (Å²) in [6.07, 6.45) is -5.08. The molecule has 0 aliphatic heterocycles. The van der Waals surface area contributed by atoms with Crippen LogP contribution >= 0.6 is 0 Å². The molecule has 1 aromatic rings. The molecule has 0 N–H and O–H groups in total. The summed E-state index contributed by atoms with van der Waals surface area (Å²) in [7, 11) is 0. The molecule has 72 valence electrons. The van der Waals surface area contributed by atoms with Crippen molar-refractivity contribution >= 4 is 0 Å². The number of pyridine rings is 1. The predicted molar refractivity (Wildman–Crippen MR) is 29.1 cm³/mol. The first-order valence-electron chi connectivity index (χ1n) is 2.91. The minimum atomic E-state index is -5.08. The largest absolute Gasteiger partial charge is 0.420 e. The van der Waals surface area contributed by atoms with Crippen LogP contribution in [0.15, 0.2) is 6.07 Å². The minimum absolute atomic E-state index is 0.280. The fourth-order valence-electron chi connectivity index (χ4n) is 0.644. The lowest BCUT2D eigenvalue weighted by Gasteiger charge is -2.06. The Labute approximate surface area is 68.0 Å². The number of alkyl halides is 3. The maximum Gasteiger partial charge on any atom is 0.420 e. The zero-order chi connectivity index (χ0) is 10.2. The summed E-state index contributed by atoms with van der Waals surface area (Å²) in [4.78, 5) is 2.11. The highest BCUT2D eigenvalue weighted by Gasteiger charge is 2.36. The summed E-state index contributed by atoms with van der Waals surface area (Å²) < 4.78 is 71.9. The topological polar surface area (TPSA) is 12.9 Å².